The summed E-state index contributed by atoms with van der Waals surface area (Å²) in [5, 5.41) is 4.54. The fraction of sp³-hybridized carbons (Fsp3) is 0. The van der Waals surface area contributed by atoms with Gasteiger partial charge in [0.25, 0.3) is 0 Å². The van der Waals surface area contributed by atoms with Crippen molar-refractivity contribution in [3.8, 4) is 44.5 Å². The van der Waals surface area contributed by atoms with Crippen molar-refractivity contribution in [1.29, 1.82) is 0 Å². The Morgan fingerprint density at radius 3 is 1.56 bits per heavy atom. The lowest BCUT2D eigenvalue weighted by molar-refractivity contribution is 0.672. The second-order valence-electron chi connectivity index (χ2n) is 13.7. The van der Waals surface area contributed by atoms with E-state index in [1.807, 2.05) is 0 Å². The highest BCUT2D eigenvalue weighted by atomic mass is 16.3. The van der Waals surface area contributed by atoms with Crippen LogP contribution < -0.4 is 4.90 Å². The Balaban J connectivity index is 1.22. The van der Waals surface area contributed by atoms with Gasteiger partial charge in [-0.3, -0.25) is 0 Å². The van der Waals surface area contributed by atoms with Gasteiger partial charge in [0.1, 0.15) is 11.2 Å². The highest BCUT2D eigenvalue weighted by Gasteiger charge is 2.22. The minimum atomic E-state index is 0.887. The van der Waals surface area contributed by atoms with Gasteiger partial charge in [-0.1, -0.05) is 170 Å². The van der Waals surface area contributed by atoms with Crippen LogP contribution in [0.4, 0.5) is 17.1 Å². The van der Waals surface area contributed by atoms with Gasteiger partial charge in [0.05, 0.1) is 11.4 Å². The fourth-order valence-electron chi connectivity index (χ4n) is 7.92. The molecule has 0 aliphatic heterocycles. The van der Waals surface area contributed by atoms with E-state index in [9.17, 15) is 0 Å². The molecular formula is C52H35NO. The molecule has 9 aromatic carbocycles. The Labute approximate surface area is 314 Å². The van der Waals surface area contributed by atoms with Crippen LogP contribution in [0.1, 0.15) is 0 Å². The number of hydrogen-bond donors (Lipinski definition) is 0. The van der Waals surface area contributed by atoms with Crippen LogP contribution in [0.15, 0.2) is 217 Å². The standard InChI is InChI=1S/C52H35NO/c1-4-16-36(17-5-1)42-32-30-41(35-47(42)38-20-8-3-9-21-38)53(49-26-14-12-23-43(49)37-18-6-2-7-19-37)50-27-15-13-24-44(50)40-29-33-51-48(34-40)46-31-28-39-22-10-11-25-45(39)52(46)54-51/h1-35H. The molecule has 2 heteroatoms. The smallest absolute Gasteiger partial charge is 0.143 e. The minimum Gasteiger partial charge on any atom is -0.455 e. The maximum absolute atomic E-state index is 6.53. The molecule has 10 rings (SSSR count). The van der Waals surface area contributed by atoms with Crippen LogP contribution >= 0.6 is 0 Å². The lowest BCUT2D eigenvalue weighted by atomic mass is 9.93. The molecule has 0 bridgehead atoms. The van der Waals surface area contributed by atoms with Crippen molar-refractivity contribution >= 4 is 49.8 Å². The summed E-state index contributed by atoms with van der Waals surface area (Å²) < 4.78 is 6.53. The molecule has 0 saturated heterocycles. The van der Waals surface area contributed by atoms with Crippen molar-refractivity contribution in [1.82, 2.24) is 0 Å². The van der Waals surface area contributed by atoms with Gasteiger partial charge >= 0.3 is 0 Å². The molecule has 0 unspecified atom stereocenters. The molecule has 0 N–H and O–H groups in total. The van der Waals surface area contributed by atoms with Crippen molar-refractivity contribution < 1.29 is 4.42 Å². The summed E-state index contributed by atoms with van der Waals surface area (Å²) in [5.41, 5.74) is 14.4. The third-order valence-corrected chi connectivity index (χ3v) is 10.5. The van der Waals surface area contributed by atoms with E-state index >= 15 is 0 Å². The summed E-state index contributed by atoms with van der Waals surface area (Å²) in [6.07, 6.45) is 0. The summed E-state index contributed by atoms with van der Waals surface area (Å²) in [4.78, 5) is 2.43. The van der Waals surface area contributed by atoms with Gasteiger partial charge in [-0.15, -0.1) is 0 Å². The molecule has 0 radical (unpaired) electrons. The second kappa shape index (κ2) is 13.4. The molecule has 2 nitrogen and oxygen atoms in total. The van der Waals surface area contributed by atoms with Crippen LogP contribution in [-0.4, -0.2) is 0 Å². The Hall–Kier alpha value is -7.16. The van der Waals surface area contributed by atoms with Gasteiger partial charge in [-0.2, -0.15) is 0 Å². The summed E-state index contributed by atoms with van der Waals surface area (Å²) in [5.74, 6) is 0. The average Bonchev–Trinajstić information content (AvgIpc) is 3.64. The van der Waals surface area contributed by atoms with E-state index in [4.69, 9.17) is 4.42 Å². The second-order valence-corrected chi connectivity index (χ2v) is 13.7. The SMILES string of the molecule is c1ccc(-c2ccc(N(c3ccccc3-c3ccccc3)c3ccccc3-c3ccc4oc5c6ccccc6ccc5c4c3)cc2-c2ccccc2)cc1. The molecule has 1 aromatic heterocycles. The van der Waals surface area contributed by atoms with Gasteiger partial charge in [0.15, 0.2) is 0 Å². The Morgan fingerprint density at radius 1 is 0.315 bits per heavy atom. The Kier molecular flexibility index (Phi) is 7.85. The van der Waals surface area contributed by atoms with Crippen LogP contribution in [0.3, 0.4) is 0 Å². The van der Waals surface area contributed by atoms with Gasteiger partial charge in [-0.25, -0.2) is 0 Å². The maximum atomic E-state index is 6.53. The zero-order valence-corrected chi connectivity index (χ0v) is 29.6. The molecule has 0 spiro atoms. The maximum Gasteiger partial charge on any atom is 0.143 e. The van der Waals surface area contributed by atoms with E-state index in [0.29, 0.717) is 0 Å². The lowest BCUT2D eigenvalue weighted by Crippen LogP contribution is -2.12. The van der Waals surface area contributed by atoms with Crippen LogP contribution in [0.2, 0.25) is 0 Å². The minimum absolute atomic E-state index is 0.887. The molecule has 0 fully saturated rings. The highest BCUT2D eigenvalue weighted by Crippen LogP contribution is 2.47. The van der Waals surface area contributed by atoms with E-state index < -0.39 is 0 Å². The number of nitrogens with zero attached hydrogens (tertiary/aromatic N) is 1. The first-order valence-electron chi connectivity index (χ1n) is 18.4. The van der Waals surface area contributed by atoms with Crippen LogP contribution in [0, 0.1) is 0 Å². The molecule has 0 saturated carbocycles. The van der Waals surface area contributed by atoms with Crippen molar-refractivity contribution in [2.45, 2.75) is 0 Å². The van der Waals surface area contributed by atoms with Crippen molar-refractivity contribution in [2.75, 3.05) is 4.90 Å². The van der Waals surface area contributed by atoms with Gasteiger partial charge in [0.2, 0.25) is 0 Å². The first-order chi connectivity index (χ1) is 26.8. The van der Waals surface area contributed by atoms with Crippen LogP contribution in [0.25, 0.3) is 77.2 Å². The number of furan rings is 1. The molecule has 0 amide bonds. The van der Waals surface area contributed by atoms with Crippen molar-refractivity contribution in [2.24, 2.45) is 0 Å². The van der Waals surface area contributed by atoms with Crippen molar-refractivity contribution in [3.63, 3.8) is 0 Å². The van der Waals surface area contributed by atoms with E-state index in [1.165, 1.54) is 33.2 Å². The molecule has 0 atom stereocenters. The average molecular weight is 690 g/mol. The number of fused-ring (bicyclic) bond motifs is 5. The van der Waals surface area contributed by atoms with Crippen LogP contribution in [-0.2, 0) is 0 Å². The topological polar surface area (TPSA) is 16.4 Å². The summed E-state index contributed by atoms with van der Waals surface area (Å²) in [7, 11) is 0. The van der Waals surface area contributed by atoms with E-state index in [2.05, 4.69) is 217 Å². The molecule has 10 aromatic rings. The van der Waals surface area contributed by atoms with E-state index in [-0.39, 0.29) is 0 Å². The summed E-state index contributed by atoms with van der Waals surface area (Å²) in [6.45, 7) is 0. The number of hydrogen-bond acceptors (Lipinski definition) is 2. The molecular weight excluding hydrogens is 655 g/mol. The Morgan fingerprint density at radius 2 is 0.870 bits per heavy atom. The molecule has 0 aliphatic carbocycles. The Bertz CT molecular complexity index is 2930. The first kappa shape index (κ1) is 31.6. The molecule has 254 valence electrons. The number of benzene rings is 9. The largest absolute Gasteiger partial charge is 0.455 e. The quantitative estimate of drug-likeness (QED) is 0.166. The van der Waals surface area contributed by atoms with Gasteiger partial charge < -0.3 is 9.32 Å². The fourth-order valence-corrected chi connectivity index (χ4v) is 7.92. The molecule has 1 heterocycles. The third kappa shape index (κ3) is 5.53. The predicted octanol–water partition coefficient (Wildman–Crippen LogP) is 14.9. The normalized spacial score (nSPS) is 11.3. The number of anilines is 3. The highest BCUT2D eigenvalue weighted by molar-refractivity contribution is 6.15. The molecule has 54 heavy (non-hydrogen) atoms. The zero-order chi connectivity index (χ0) is 35.8. The predicted molar refractivity (Wildman–Crippen MR) is 228 cm³/mol. The monoisotopic (exact) mass is 689 g/mol. The van der Waals surface area contributed by atoms with Crippen LogP contribution in [0.5, 0.6) is 0 Å². The van der Waals surface area contributed by atoms with Gasteiger partial charge in [0, 0.05) is 33.0 Å². The lowest BCUT2D eigenvalue weighted by Gasteiger charge is -2.30. The van der Waals surface area contributed by atoms with Gasteiger partial charge in [-0.05, 0) is 81.2 Å². The van der Waals surface area contributed by atoms with E-state index in [1.54, 1.807) is 0 Å². The summed E-state index contributed by atoms with van der Waals surface area (Å²) >= 11 is 0. The van der Waals surface area contributed by atoms with E-state index in [0.717, 1.165) is 61.1 Å². The zero-order valence-electron chi connectivity index (χ0n) is 29.6. The number of para-hydroxylation sites is 2. The number of rotatable bonds is 7. The first-order valence-corrected chi connectivity index (χ1v) is 18.4. The molecule has 0 aliphatic rings. The summed E-state index contributed by atoms with van der Waals surface area (Å²) in [6, 6.07) is 75.9. The third-order valence-electron chi connectivity index (χ3n) is 10.5. The van der Waals surface area contributed by atoms with Crippen molar-refractivity contribution in [3.05, 3.63) is 212 Å².